The first-order valence-electron chi connectivity index (χ1n) is 11.5. The van der Waals surface area contributed by atoms with Crippen LogP contribution in [0.2, 0.25) is 0 Å². The first-order valence-corrected chi connectivity index (χ1v) is 11.5. The van der Waals surface area contributed by atoms with Crippen LogP contribution >= 0.6 is 0 Å². The Kier molecular flexibility index (Phi) is 7.68. The Morgan fingerprint density at radius 3 is 1.89 bits per heavy atom. The van der Waals surface area contributed by atoms with E-state index in [9.17, 15) is 15.3 Å². The van der Waals surface area contributed by atoms with Crippen molar-refractivity contribution in [3.63, 3.8) is 0 Å². The Morgan fingerprint density at radius 1 is 0.838 bits per heavy atom. The van der Waals surface area contributed by atoms with E-state index in [4.69, 9.17) is 15.2 Å². The molecule has 7 nitrogen and oxygen atoms in total. The van der Waals surface area contributed by atoms with Gasteiger partial charge in [-0.05, 0) is 71.8 Å². The van der Waals surface area contributed by atoms with E-state index in [0.29, 0.717) is 46.2 Å². The van der Waals surface area contributed by atoms with Gasteiger partial charge in [-0.2, -0.15) is 10.5 Å². The van der Waals surface area contributed by atoms with Crippen molar-refractivity contribution < 1.29 is 14.3 Å². The van der Waals surface area contributed by atoms with E-state index in [1.54, 1.807) is 71.6 Å². The zero-order valence-corrected chi connectivity index (χ0v) is 20.2. The van der Waals surface area contributed by atoms with Crippen molar-refractivity contribution in [3.05, 3.63) is 119 Å². The highest BCUT2D eigenvalue weighted by molar-refractivity contribution is 5.88. The molecule has 7 heteroatoms. The van der Waals surface area contributed by atoms with Gasteiger partial charge in [0.2, 0.25) is 5.91 Å². The van der Waals surface area contributed by atoms with Crippen molar-refractivity contribution in [2.45, 2.75) is 12.6 Å². The van der Waals surface area contributed by atoms with Gasteiger partial charge < -0.3 is 20.1 Å². The summed E-state index contributed by atoms with van der Waals surface area (Å²) >= 11 is 0. The van der Waals surface area contributed by atoms with Crippen LogP contribution in [0.1, 0.15) is 28.3 Å². The molecule has 0 bridgehead atoms. The van der Waals surface area contributed by atoms with Gasteiger partial charge in [-0.15, -0.1) is 0 Å². The molecule has 0 heterocycles. The SMILES string of the molecule is COc1cc(C(C(N)=O)N(c2ccc(C#N)cc2)c2ccc(C#N)cc2)ccc1OCc1ccccc1. The molecule has 37 heavy (non-hydrogen) atoms. The van der Waals surface area contributed by atoms with Crippen LogP contribution in [0.15, 0.2) is 97.1 Å². The van der Waals surface area contributed by atoms with Gasteiger partial charge in [-0.1, -0.05) is 36.4 Å². The van der Waals surface area contributed by atoms with Crippen molar-refractivity contribution in [3.8, 4) is 23.6 Å². The summed E-state index contributed by atoms with van der Waals surface area (Å²) in [5.41, 5.74) is 9.83. The second kappa shape index (κ2) is 11.4. The first kappa shape index (κ1) is 24.8. The molecule has 0 aliphatic carbocycles. The lowest BCUT2D eigenvalue weighted by atomic mass is 10.0. The van der Waals surface area contributed by atoms with E-state index in [-0.39, 0.29) is 0 Å². The van der Waals surface area contributed by atoms with Crippen LogP contribution in [-0.4, -0.2) is 13.0 Å². The summed E-state index contributed by atoms with van der Waals surface area (Å²) in [6, 6.07) is 32.0. The number of methoxy groups -OCH3 is 1. The van der Waals surface area contributed by atoms with E-state index in [1.807, 2.05) is 30.3 Å². The summed E-state index contributed by atoms with van der Waals surface area (Å²) in [7, 11) is 1.53. The largest absolute Gasteiger partial charge is 0.493 e. The summed E-state index contributed by atoms with van der Waals surface area (Å²) in [6.07, 6.45) is 0. The Balaban J connectivity index is 1.75. The van der Waals surface area contributed by atoms with E-state index in [1.165, 1.54) is 7.11 Å². The number of carbonyl (C=O) groups is 1. The highest BCUT2D eigenvalue weighted by Crippen LogP contribution is 2.38. The van der Waals surface area contributed by atoms with Crippen molar-refractivity contribution in [2.24, 2.45) is 5.73 Å². The number of benzene rings is 4. The van der Waals surface area contributed by atoms with Crippen molar-refractivity contribution in [1.29, 1.82) is 10.5 Å². The van der Waals surface area contributed by atoms with Crippen LogP contribution in [0.25, 0.3) is 0 Å². The molecule has 182 valence electrons. The van der Waals surface area contributed by atoms with Gasteiger partial charge >= 0.3 is 0 Å². The highest BCUT2D eigenvalue weighted by atomic mass is 16.5. The number of ether oxygens (including phenoxy) is 2. The first-order chi connectivity index (χ1) is 18.0. The molecular weight excluding hydrogens is 464 g/mol. The molecular formula is C30H24N4O3. The van der Waals surface area contributed by atoms with Gasteiger partial charge in [0, 0.05) is 11.4 Å². The molecule has 4 aromatic carbocycles. The maximum Gasteiger partial charge on any atom is 0.245 e. The average Bonchev–Trinajstić information content (AvgIpc) is 2.95. The third-order valence-electron chi connectivity index (χ3n) is 5.82. The fraction of sp³-hybridized carbons (Fsp3) is 0.100. The second-order valence-corrected chi connectivity index (χ2v) is 8.18. The van der Waals surface area contributed by atoms with Crippen LogP contribution < -0.4 is 20.1 Å². The molecule has 1 amide bonds. The van der Waals surface area contributed by atoms with E-state index in [0.717, 1.165) is 5.56 Å². The van der Waals surface area contributed by atoms with Crippen LogP contribution in [0, 0.1) is 22.7 Å². The maximum absolute atomic E-state index is 12.9. The highest BCUT2D eigenvalue weighted by Gasteiger charge is 2.29. The minimum Gasteiger partial charge on any atom is -0.493 e. The van der Waals surface area contributed by atoms with Gasteiger partial charge in [-0.3, -0.25) is 4.79 Å². The Labute approximate surface area is 215 Å². The molecule has 0 aliphatic rings. The van der Waals surface area contributed by atoms with Gasteiger partial charge in [-0.25, -0.2) is 0 Å². The Bertz CT molecular complexity index is 1400. The molecule has 1 atom stereocenters. The number of carbonyl (C=O) groups excluding carboxylic acids is 1. The minimum absolute atomic E-state index is 0.360. The summed E-state index contributed by atoms with van der Waals surface area (Å²) in [5.74, 6) is 0.398. The lowest BCUT2D eigenvalue weighted by molar-refractivity contribution is -0.119. The molecule has 1 unspecified atom stereocenters. The van der Waals surface area contributed by atoms with Crippen molar-refractivity contribution in [2.75, 3.05) is 12.0 Å². The van der Waals surface area contributed by atoms with E-state index >= 15 is 0 Å². The Hall–Kier alpha value is -5.27. The van der Waals surface area contributed by atoms with Gasteiger partial charge in [0.25, 0.3) is 0 Å². The lowest BCUT2D eigenvalue weighted by Gasteiger charge is -2.32. The van der Waals surface area contributed by atoms with Gasteiger partial charge in [0.05, 0.1) is 30.4 Å². The average molecular weight is 489 g/mol. The zero-order chi connectivity index (χ0) is 26.2. The van der Waals surface area contributed by atoms with E-state index < -0.39 is 11.9 Å². The minimum atomic E-state index is -0.919. The fourth-order valence-electron chi connectivity index (χ4n) is 3.99. The number of hydrogen-bond donors (Lipinski definition) is 1. The molecule has 0 spiro atoms. The molecule has 0 fully saturated rings. The summed E-state index contributed by atoms with van der Waals surface area (Å²) in [5, 5.41) is 18.4. The molecule has 4 aromatic rings. The van der Waals surface area contributed by atoms with Crippen molar-refractivity contribution >= 4 is 17.3 Å². The predicted octanol–water partition coefficient (Wildman–Crippen LogP) is 5.38. The molecule has 4 rings (SSSR count). The summed E-state index contributed by atoms with van der Waals surface area (Å²) in [6.45, 7) is 0.360. The second-order valence-electron chi connectivity index (χ2n) is 8.18. The third-order valence-corrected chi connectivity index (χ3v) is 5.82. The molecule has 0 saturated carbocycles. The van der Waals surface area contributed by atoms with Crippen molar-refractivity contribution in [1.82, 2.24) is 0 Å². The number of nitrogens with two attached hydrogens (primary N) is 1. The van der Waals surface area contributed by atoms with E-state index in [2.05, 4.69) is 12.1 Å². The predicted molar refractivity (Wildman–Crippen MR) is 140 cm³/mol. The smallest absolute Gasteiger partial charge is 0.245 e. The number of hydrogen-bond acceptors (Lipinski definition) is 6. The Morgan fingerprint density at radius 2 is 1.41 bits per heavy atom. The monoisotopic (exact) mass is 488 g/mol. The van der Waals surface area contributed by atoms with Gasteiger partial charge in [0.1, 0.15) is 12.6 Å². The normalized spacial score (nSPS) is 11.0. The number of primary amides is 1. The topological polar surface area (TPSA) is 112 Å². The van der Waals surface area contributed by atoms with Crippen LogP contribution in [0.5, 0.6) is 11.5 Å². The maximum atomic E-state index is 12.9. The van der Waals surface area contributed by atoms with Crippen LogP contribution in [-0.2, 0) is 11.4 Å². The number of nitrogens with zero attached hydrogens (tertiary/aromatic N) is 3. The number of rotatable bonds is 9. The summed E-state index contributed by atoms with van der Waals surface area (Å²) in [4.78, 5) is 14.7. The quantitative estimate of drug-likeness (QED) is 0.338. The van der Waals surface area contributed by atoms with Crippen LogP contribution in [0.3, 0.4) is 0 Å². The molecule has 0 saturated heterocycles. The van der Waals surface area contributed by atoms with Crippen LogP contribution in [0.4, 0.5) is 11.4 Å². The standard InChI is InChI=1S/C30H24N4O3/c1-36-28-17-24(11-16-27(28)37-20-23-5-3-2-4-6-23)29(30(33)35)34(25-12-7-21(18-31)8-13-25)26-14-9-22(19-32)10-15-26/h2-17,29H,20H2,1H3,(H2,33,35). The zero-order valence-electron chi connectivity index (χ0n) is 20.2. The number of anilines is 2. The van der Waals surface area contributed by atoms with Gasteiger partial charge in [0.15, 0.2) is 11.5 Å². The third kappa shape index (κ3) is 5.70. The number of amides is 1. The molecule has 0 radical (unpaired) electrons. The lowest BCUT2D eigenvalue weighted by Crippen LogP contribution is -2.35. The fourth-order valence-corrected chi connectivity index (χ4v) is 3.99. The number of nitriles is 2. The molecule has 2 N–H and O–H groups in total. The summed E-state index contributed by atoms with van der Waals surface area (Å²) < 4.78 is 11.6. The molecule has 0 aromatic heterocycles. The molecule has 0 aliphatic heterocycles.